The predicted molar refractivity (Wildman–Crippen MR) is 202 cm³/mol. The summed E-state index contributed by atoms with van der Waals surface area (Å²) in [5, 5.41) is 10.3. The van der Waals surface area contributed by atoms with E-state index in [0.717, 1.165) is 17.1 Å². The Labute approximate surface area is 274 Å². The number of hydrogen-bond donors (Lipinski definition) is 0. The lowest BCUT2D eigenvalue weighted by Gasteiger charge is -2.26. The fourth-order valence-corrected chi connectivity index (χ4v) is 7.12. The molecule has 9 aromatic rings. The average molecular weight is 598 g/mol. The van der Waals surface area contributed by atoms with Crippen LogP contribution in [0.4, 0.5) is 17.1 Å². The Hall–Kier alpha value is -6.18. The van der Waals surface area contributed by atoms with Gasteiger partial charge in [0.05, 0.1) is 0 Å². The Morgan fingerprint density at radius 3 is 1.19 bits per heavy atom. The van der Waals surface area contributed by atoms with Gasteiger partial charge in [0.1, 0.15) is 0 Å². The summed E-state index contributed by atoms with van der Waals surface area (Å²) < 4.78 is 0. The number of fused-ring (bicyclic) bond motifs is 7. The molecular formula is C46H31N. The van der Waals surface area contributed by atoms with Crippen LogP contribution in [0, 0.1) is 0 Å². The van der Waals surface area contributed by atoms with E-state index in [1.807, 2.05) is 0 Å². The number of anilines is 3. The number of hydrogen-bond acceptors (Lipinski definition) is 1. The minimum absolute atomic E-state index is 1.13. The highest BCUT2D eigenvalue weighted by molar-refractivity contribution is 6.25. The maximum absolute atomic E-state index is 2.37. The first-order chi connectivity index (χ1) is 23.3. The molecule has 220 valence electrons. The van der Waals surface area contributed by atoms with Crippen molar-refractivity contribution in [3.63, 3.8) is 0 Å². The maximum Gasteiger partial charge on any atom is 0.0467 e. The highest BCUT2D eigenvalue weighted by atomic mass is 15.1. The first-order valence-electron chi connectivity index (χ1n) is 16.2. The summed E-state index contributed by atoms with van der Waals surface area (Å²) in [6.07, 6.45) is 0. The van der Waals surface area contributed by atoms with Gasteiger partial charge in [0, 0.05) is 17.1 Å². The van der Waals surface area contributed by atoms with E-state index in [1.54, 1.807) is 0 Å². The van der Waals surface area contributed by atoms with Gasteiger partial charge < -0.3 is 4.90 Å². The van der Waals surface area contributed by atoms with Crippen LogP contribution >= 0.6 is 0 Å². The van der Waals surface area contributed by atoms with Gasteiger partial charge in [-0.1, -0.05) is 133 Å². The summed E-state index contributed by atoms with van der Waals surface area (Å²) in [5.41, 5.74) is 8.27. The van der Waals surface area contributed by atoms with Crippen LogP contribution in [0.2, 0.25) is 0 Å². The van der Waals surface area contributed by atoms with Crippen molar-refractivity contribution in [1.82, 2.24) is 0 Å². The third-order valence-electron chi connectivity index (χ3n) is 9.38. The van der Waals surface area contributed by atoms with Crippen LogP contribution in [0.25, 0.3) is 65.3 Å². The van der Waals surface area contributed by atoms with E-state index in [1.165, 1.54) is 65.3 Å². The van der Waals surface area contributed by atoms with E-state index in [4.69, 9.17) is 0 Å². The molecule has 0 spiro atoms. The molecule has 0 bridgehead atoms. The van der Waals surface area contributed by atoms with Crippen LogP contribution in [-0.4, -0.2) is 0 Å². The number of nitrogens with zero attached hydrogens (tertiary/aromatic N) is 1. The molecule has 0 heterocycles. The molecule has 0 aliphatic carbocycles. The molecule has 47 heavy (non-hydrogen) atoms. The molecule has 9 rings (SSSR count). The smallest absolute Gasteiger partial charge is 0.0467 e. The molecular weight excluding hydrogens is 567 g/mol. The van der Waals surface area contributed by atoms with Gasteiger partial charge in [-0.25, -0.2) is 0 Å². The normalized spacial score (nSPS) is 11.4. The topological polar surface area (TPSA) is 3.24 Å². The first-order valence-corrected chi connectivity index (χ1v) is 16.2. The second-order valence-corrected chi connectivity index (χ2v) is 12.2. The van der Waals surface area contributed by atoms with Gasteiger partial charge in [-0.15, -0.1) is 0 Å². The summed E-state index contributed by atoms with van der Waals surface area (Å²) in [7, 11) is 0. The van der Waals surface area contributed by atoms with Gasteiger partial charge in [-0.3, -0.25) is 0 Å². The minimum Gasteiger partial charge on any atom is -0.310 e. The molecule has 0 radical (unpaired) electrons. The van der Waals surface area contributed by atoms with Crippen LogP contribution in [0.3, 0.4) is 0 Å². The largest absolute Gasteiger partial charge is 0.310 e. The zero-order valence-corrected chi connectivity index (χ0v) is 25.8. The lowest BCUT2D eigenvalue weighted by molar-refractivity contribution is 1.28. The zero-order chi connectivity index (χ0) is 31.2. The van der Waals surface area contributed by atoms with Gasteiger partial charge in [-0.05, 0) is 120 Å². The van der Waals surface area contributed by atoms with Crippen LogP contribution in [0.5, 0.6) is 0 Å². The number of benzene rings is 9. The van der Waals surface area contributed by atoms with Crippen LogP contribution in [0.1, 0.15) is 0 Å². The second-order valence-electron chi connectivity index (χ2n) is 12.2. The van der Waals surface area contributed by atoms with Gasteiger partial charge in [-0.2, -0.15) is 0 Å². The standard InChI is InChI=1S/C46H31N/c1-3-13-38(14-4-1)47(39-15-5-2-6-16-39)40-17-11-12-32(30-40)33-22-23-35-29-36(25-24-34(35)28-33)37-26-27-45-43-20-8-7-18-41(43)42-19-9-10-21-44(42)46(45)31-37/h1-31H. The summed E-state index contributed by atoms with van der Waals surface area (Å²) in [6.45, 7) is 0. The monoisotopic (exact) mass is 597 g/mol. The molecule has 9 aromatic carbocycles. The molecule has 0 aliphatic rings. The van der Waals surface area contributed by atoms with E-state index in [0.29, 0.717) is 0 Å². The average Bonchev–Trinajstić information content (AvgIpc) is 3.15. The highest BCUT2D eigenvalue weighted by Crippen LogP contribution is 2.39. The SMILES string of the molecule is c1ccc(N(c2ccccc2)c2cccc(-c3ccc4cc(-c5ccc6c7ccccc7c7ccccc7c6c5)ccc4c3)c2)cc1. The zero-order valence-electron chi connectivity index (χ0n) is 25.8. The van der Waals surface area contributed by atoms with E-state index in [2.05, 4.69) is 193 Å². The van der Waals surface area contributed by atoms with E-state index in [9.17, 15) is 0 Å². The molecule has 0 atom stereocenters. The second kappa shape index (κ2) is 11.3. The Balaban J connectivity index is 1.10. The van der Waals surface area contributed by atoms with E-state index < -0.39 is 0 Å². The van der Waals surface area contributed by atoms with Crippen LogP contribution in [0.15, 0.2) is 188 Å². The van der Waals surface area contributed by atoms with E-state index in [-0.39, 0.29) is 0 Å². The van der Waals surface area contributed by atoms with Crippen molar-refractivity contribution in [2.75, 3.05) is 4.90 Å². The Morgan fingerprint density at radius 2 is 0.638 bits per heavy atom. The van der Waals surface area contributed by atoms with Crippen LogP contribution in [-0.2, 0) is 0 Å². The molecule has 0 saturated heterocycles. The van der Waals surface area contributed by atoms with Crippen molar-refractivity contribution in [1.29, 1.82) is 0 Å². The van der Waals surface area contributed by atoms with Crippen LogP contribution < -0.4 is 4.90 Å². The van der Waals surface area contributed by atoms with Gasteiger partial charge in [0.25, 0.3) is 0 Å². The third kappa shape index (κ3) is 4.81. The van der Waals surface area contributed by atoms with Crippen molar-refractivity contribution in [3.8, 4) is 22.3 Å². The maximum atomic E-state index is 2.37. The molecule has 1 nitrogen and oxygen atoms in total. The van der Waals surface area contributed by atoms with Crippen molar-refractivity contribution in [2.45, 2.75) is 0 Å². The molecule has 1 heteroatoms. The third-order valence-corrected chi connectivity index (χ3v) is 9.38. The van der Waals surface area contributed by atoms with E-state index >= 15 is 0 Å². The Kier molecular flexibility index (Phi) is 6.54. The van der Waals surface area contributed by atoms with Gasteiger partial charge in [0.2, 0.25) is 0 Å². The van der Waals surface area contributed by atoms with Crippen molar-refractivity contribution in [2.24, 2.45) is 0 Å². The number of para-hydroxylation sites is 2. The van der Waals surface area contributed by atoms with Gasteiger partial charge in [0.15, 0.2) is 0 Å². The molecule has 0 unspecified atom stereocenters. The molecule has 0 saturated carbocycles. The quantitative estimate of drug-likeness (QED) is 0.178. The fraction of sp³-hybridized carbons (Fsp3) is 0. The molecule has 0 aliphatic heterocycles. The Bertz CT molecular complexity index is 2490. The lowest BCUT2D eigenvalue weighted by atomic mass is 9.91. The summed E-state index contributed by atoms with van der Waals surface area (Å²) in [6, 6.07) is 68.1. The molecule has 0 fully saturated rings. The summed E-state index contributed by atoms with van der Waals surface area (Å²) in [4.78, 5) is 2.31. The van der Waals surface area contributed by atoms with Crippen molar-refractivity contribution >= 4 is 60.2 Å². The molecule has 0 aromatic heterocycles. The lowest BCUT2D eigenvalue weighted by Crippen LogP contribution is -2.09. The summed E-state index contributed by atoms with van der Waals surface area (Å²) >= 11 is 0. The fourth-order valence-electron chi connectivity index (χ4n) is 7.12. The summed E-state index contributed by atoms with van der Waals surface area (Å²) in [5.74, 6) is 0. The molecule has 0 amide bonds. The molecule has 0 N–H and O–H groups in total. The number of rotatable bonds is 5. The Morgan fingerprint density at radius 1 is 0.234 bits per heavy atom. The first kappa shape index (κ1) is 27.2. The minimum atomic E-state index is 1.13. The van der Waals surface area contributed by atoms with Crippen molar-refractivity contribution in [3.05, 3.63) is 188 Å². The van der Waals surface area contributed by atoms with Crippen molar-refractivity contribution < 1.29 is 0 Å². The predicted octanol–water partition coefficient (Wildman–Crippen LogP) is 13.1. The van der Waals surface area contributed by atoms with Gasteiger partial charge >= 0.3 is 0 Å². The highest BCUT2D eigenvalue weighted by Gasteiger charge is 2.14.